The van der Waals surface area contributed by atoms with Crippen LogP contribution in [-0.2, 0) is 9.59 Å². The van der Waals surface area contributed by atoms with Gasteiger partial charge in [-0.25, -0.2) is 4.98 Å². The van der Waals surface area contributed by atoms with E-state index in [9.17, 15) is 14.7 Å². The fourth-order valence-corrected chi connectivity index (χ4v) is 6.00. The van der Waals surface area contributed by atoms with Crippen LogP contribution in [0, 0.1) is 11.3 Å². The Labute approximate surface area is 182 Å². The van der Waals surface area contributed by atoms with Gasteiger partial charge in [0.1, 0.15) is 6.29 Å². The van der Waals surface area contributed by atoms with Crippen LogP contribution in [-0.4, -0.2) is 64.0 Å². The van der Waals surface area contributed by atoms with Crippen LogP contribution in [0.5, 0.6) is 0 Å². The summed E-state index contributed by atoms with van der Waals surface area (Å²) in [5.41, 5.74) is 3.99. The van der Waals surface area contributed by atoms with Gasteiger partial charge in [0.25, 0.3) is 0 Å². The lowest BCUT2D eigenvalue weighted by atomic mass is 9.53. The summed E-state index contributed by atoms with van der Waals surface area (Å²) in [6.07, 6.45) is 9.33. The van der Waals surface area contributed by atoms with Gasteiger partial charge >= 0.3 is 0 Å². The van der Waals surface area contributed by atoms with Gasteiger partial charge in [0.05, 0.1) is 36.9 Å². The van der Waals surface area contributed by atoms with Crippen LogP contribution in [0.4, 0.5) is 0 Å². The number of piperidine rings is 1. The Kier molecular flexibility index (Phi) is 5.40. The molecule has 1 spiro atoms. The number of aliphatic hydroxyl groups excluding tert-OH is 1. The highest BCUT2D eigenvalue weighted by atomic mass is 16.3. The number of nitrogens with zero attached hydrogens (tertiary/aromatic N) is 3. The summed E-state index contributed by atoms with van der Waals surface area (Å²) in [7, 11) is 0. The Balaban J connectivity index is 0.000000192. The summed E-state index contributed by atoms with van der Waals surface area (Å²) >= 11 is 0. The standard InChI is InChI=1S/C18H21N3O.C6H9NO2/c22-17-14(9-18(17)5-7-19-8-6-18)16-13-4-2-1-3-12(13)15-10-20-11-21(15)16;8-5-4-7-3-1-2-6(7)9/h1-4,10-11,14,16-17,19,22H,5-9H2;5H,1-4H2/t14-,16+,17+;/m0./s1. The van der Waals surface area contributed by atoms with Crippen LogP contribution in [0.15, 0.2) is 36.8 Å². The Hall–Kier alpha value is -2.51. The first-order valence-corrected chi connectivity index (χ1v) is 11.4. The molecule has 1 aromatic carbocycles. The average molecular weight is 423 g/mol. The van der Waals surface area contributed by atoms with Gasteiger partial charge in [-0.1, -0.05) is 24.3 Å². The fourth-order valence-electron chi connectivity index (χ4n) is 6.00. The number of aldehydes is 1. The number of carbonyl (C=O) groups is 2. The second-order valence-electron chi connectivity index (χ2n) is 9.25. The molecule has 0 radical (unpaired) electrons. The third kappa shape index (κ3) is 3.40. The highest BCUT2D eigenvalue weighted by Gasteiger charge is 2.57. The van der Waals surface area contributed by atoms with Crippen LogP contribution in [0.2, 0.25) is 0 Å². The van der Waals surface area contributed by atoms with Gasteiger partial charge in [-0.3, -0.25) is 4.79 Å². The lowest BCUT2D eigenvalue weighted by Gasteiger charge is -2.56. The Morgan fingerprint density at radius 2 is 2.06 bits per heavy atom. The van der Waals surface area contributed by atoms with E-state index in [1.54, 1.807) is 4.90 Å². The molecular weight excluding hydrogens is 392 g/mol. The van der Waals surface area contributed by atoms with E-state index >= 15 is 0 Å². The highest BCUT2D eigenvalue weighted by Crippen LogP contribution is 2.58. The minimum absolute atomic E-state index is 0.113. The lowest BCUT2D eigenvalue weighted by molar-refractivity contribution is -0.146. The van der Waals surface area contributed by atoms with Crippen molar-refractivity contribution >= 4 is 12.2 Å². The third-order valence-electron chi connectivity index (χ3n) is 7.67. The zero-order chi connectivity index (χ0) is 21.4. The summed E-state index contributed by atoms with van der Waals surface area (Å²) in [4.78, 5) is 26.6. The van der Waals surface area contributed by atoms with Gasteiger partial charge in [-0.15, -0.1) is 0 Å². The lowest BCUT2D eigenvalue weighted by Crippen LogP contribution is -2.58. The van der Waals surface area contributed by atoms with Gasteiger partial charge in [-0.2, -0.15) is 0 Å². The molecule has 31 heavy (non-hydrogen) atoms. The molecule has 1 aliphatic carbocycles. The monoisotopic (exact) mass is 422 g/mol. The summed E-state index contributed by atoms with van der Waals surface area (Å²) in [5, 5.41) is 14.4. The van der Waals surface area contributed by atoms with Crippen molar-refractivity contribution in [1.82, 2.24) is 19.8 Å². The van der Waals surface area contributed by atoms with Gasteiger partial charge in [0.15, 0.2) is 0 Å². The predicted molar refractivity (Wildman–Crippen MR) is 116 cm³/mol. The third-order valence-corrected chi connectivity index (χ3v) is 7.67. The van der Waals surface area contributed by atoms with Crippen molar-refractivity contribution in [2.45, 2.75) is 44.2 Å². The van der Waals surface area contributed by atoms with Crippen LogP contribution in [0.1, 0.15) is 43.7 Å². The molecule has 2 N–H and O–H groups in total. The molecule has 1 aromatic heterocycles. The number of imidazole rings is 1. The normalized spacial score (nSPS) is 27.8. The summed E-state index contributed by atoms with van der Waals surface area (Å²) in [6.45, 7) is 3.12. The topological polar surface area (TPSA) is 87.5 Å². The summed E-state index contributed by atoms with van der Waals surface area (Å²) in [6, 6.07) is 8.84. The molecule has 0 unspecified atom stereocenters. The quantitative estimate of drug-likeness (QED) is 0.739. The number of nitrogens with one attached hydrogen (secondary N) is 1. The molecule has 1 amide bonds. The second-order valence-corrected chi connectivity index (χ2v) is 9.25. The van der Waals surface area contributed by atoms with Crippen molar-refractivity contribution in [1.29, 1.82) is 0 Å². The molecule has 164 valence electrons. The maximum absolute atomic E-state index is 11.0. The van der Waals surface area contributed by atoms with E-state index in [1.165, 1.54) is 16.8 Å². The number of benzene rings is 1. The van der Waals surface area contributed by atoms with Crippen LogP contribution >= 0.6 is 0 Å². The summed E-state index contributed by atoms with van der Waals surface area (Å²) < 4.78 is 2.27. The minimum Gasteiger partial charge on any atom is -0.392 e. The van der Waals surface area contributed by atoms with E-state index in [0.717, 1.165) is 51.6 Å². The highest BCUT2D eigenvalue weighted by molar-refractivity contribution is 5.80. The second kappa shape index (κ2) is 8.20. The largest absolute Gasteiger partial charge is 0.392 e. The number of rotatable bonds is 3. The van der Waals surface area contributed by atoms with E-state index in [1.807, 2.05) is 12.5 Å². The van der Waals surface area contributed by atoms with Crippen molar-refractivity contribution in [2.75, 3.05) is 26.2 Å². The molecule has 7 heteroatoms. The zero-order valence-electron chi connectivity index (χ0n) is 17.7. The van der Waals surface area contributed by atoms with E-state index in [4.69, 9.17) is 0 Å². The minimum atomic E-state index is -0.194. The maximum atomic E-state index is 11.0. The average Bonchev–Trinajstić information content (AvgIpc) is 3.50. The molecule has 3 fully saturated rings. The van der Waals surface area contributed by atoms with E-state index < -0.39 is 0 Å². The van der Waals surface area contributed by atoms with Crippen LogP contribution in [0.25, 0.3) is 11.3 Å². The fraction of sp³-hybridized carbons (Fsp3) is 0.542. The molecule has 3 atom stereocenters. The van der Waals surface area contributed by atoms with E-state index in [-0.39, 0.29) is 30.0 Å². The van der Waals surface area contributed by atoms with Gasteiger partial charge in [-0.05, 0) is 49.8 Å². The molecule has 4 heterocycles. The van der Waals surface area contributed by atoms with Crippen molar-refractivity contribution in [3.8, 4) is 11.3 Å². The van der Waals surface area contributed by atoms with Crippen molar-refractivity contribution in [3.63, 3.8) is 0 Å². The Bertz CT molecular complexity index is 965. The van der Waals surface area contributed by atoms with E-state index in [2.05, 4.69) is 39.1 Å². The van der Waals surface area contributed by atoms with Gasteiger partial charge < -0.3 is 24.7 Å². The molecule has 6 rings (SSSR count). The molecule has 1 saturated carbocycles. The molecule has 2 aromatic rings. The SMILES string of the molecule is O=CCN1CCCC1=O.O[C@@H]1[C@H]([C@H]2c3ccccc3-c3cncn32)CC12CCNCC2. The number of aromatic nitrogens is 2. The van der Waals surface area contributed by atoms with Crippen LogP contribution in [0.3, 0.4) is 0 Å². The molecule has 4 aliphatic rings. The zero-order valence-corrected chi connectivity index (χ0v) is 17.7. The predicted octanol–water partition coefficient (Wildman–Crippen LogP) is 2.01. The number of hydrogen-bond donors (Lipinski definition) is 2. The van der Waals surface area contributed by atoms with Crippen molar-refractivity contribution in [3.05, 3.63) is 42.4 Å². The molecule has 2 saturated heterocycles. The molecule has 3 aliphatic heterocycles. The number of aliphatic hydroxyl groups is 1. The van der Waals surface area contributed by atoms with Crippen LogP contribution < -0.4 is 5.32 Å². The first kappa shape index (κ1) is 20.4. The molecular formula is C24H30N4O3. The van der Waals surface area contributed by atoms with Crippen molar-refractivity contribution in [2.24, 2.45) is 11.3 Å². The van der Waals surface area contributed by atoms with E-state index in [0.29, 0.717) is 12.3 Å². The van der Waals surface area contributed by atoms with Crippen molar-refractivity contribution < 1.29 is 14.7 Å². The van der Waals surface area contributed by atoms with Gasteiger partial charge in [0.2, 0.25) is 5.91 Å². The molecule has 0 bridgehead atoms. The first-order chi connectivity index (χ1) is 15.1. The Morgan fingerprint density at radius 1 is 1.26 bits per heavy atom. The first-order valence-electron chi connectivity index (χ1n) is 11.4. The number of hydrogen-bond acceptors (Lipinski definition) is 5. The molecule has 7 nitrogen and oxygen atoms in total. The van der Waals surface area contributed by atoms with Gasteiger partial charge in [0, 0.05) is 24.4 Å². The summed E-state index contributed by atoms with van der Waals surface area (Å²) in [5.74, 6) is 0.428. The number of carbonyl (C=O) groups excluding carboxylic acids is 2. The smallest absolute Gasteiger partial charge is 0.223 e. The number of likely N-dealkylation sites (tertiary alicyclic amines) is 1. The number of amides is 1. The Morgan fingerprint density at radius 3 is 2.77 bits per heavy atom. The maximum Gasteiger partial charge on any atom is 0.223 e. The number of fused-ring (bicyclic) bond motifs is 3.